The molecule has 2 rings (SSSR count). The van der Waals surface area contributed by atoms with Crippen LogP contribution in [0.2, 0.25) is 0 Å². The van der Waals surface area contributed by atoms with Gasteiger partial charge in [-0.05, 0) is 17.5 Å². The monoisotopic (exact) mass is 256 g/mol. The van der Waals surface area contributed by atoms with Gasteiger partial charge in [0.25, 0.3) is 0 Å². The Hall–Kier alpha value is -1.33. The van der Waals surface area contributed by atoms with Gasteiger partial charge in [-0.3, -0.25) is 9.71 Å². The molecule has 6 heteroatoms. The number of alkyl halides is 1. The molecule has 16 heavy (non-hydrogen) atoms. The minimum atomic E-state index is -3.48. The Balaban J connectivity index is 2.53. The molecule has 0 unspecified atom stereocenters. The van der Waals surface area contributed by atoms with Crippen molar-refractivity contribution in [3.63, 3.8) is 0 Å². The number of hydrogen-bond acceptors (Lipinski definition) is 3. The summed E-state index contributed by atoms with van der Waals surface area (Å²) >= 11 is 5.33. The normalized spacial score (nSPS) is 11.6. The van der Waals surface area contributed by atoms with Gasteiger partial charge in [0.05, 0.1) is 5.69 Å². The molecule has 0 atom stereocenters. The van der Waals surface area contributed by atoms with E-state index in [0.29, 0.717) is 5.69 Å². The molecule has 1 aromatic carbocycles. The van der Waals surface area contributed by atoms with Gasteiger partial charge < -0.3 is 0 Å². The lowest BCUT2D eigenvalue weighted by molar-refractivity contribution is 0.605. The fraction of sp³-hybridized carbons (Fsp3) is 0.100. The third-order valence-electron chi connectivity index (χ3n) is 2.09. The van der Waals surface area contributed by atoms with Gasteiger partial charge in [-0.25, -0.2) is 8.42 Å². The molecule has 0 fully saturated rings. The number of nitrogens with zero attached hydrogens (tertiary/aromatic N) is 1. The molecule has 1 heterocycles. The molecule has 84 valence electrons. The van der Waals surface area contributed by atoms with E-state index in [1.54, 1.807) is 24.5 Å². The molecule has 4 nitrogen and oxygen atoms in total. The fourth-order valence-electron chi connectivity index (χ4n) is 1.40. The van der Waals surface area contributed by atoms with Crippen molar-refractivity contribution in [2.45, 2.75) is 0 Å². The number of pyridine rings is 1. The van der Waals surface area contributed by atoms with Crippen LogP contribution in [0.4, 0.5) is 5.69 Å². The molecule has 0 bridgehead atoms. The molecule has 2 aromatic rings. The zero-order valence-corrected chi connectivity index (χ0v) is 9.79. The van der Waals surface area contributed by atoms with E-state index >= 15 is 0 Å². The number of nitrogens with one attached hydrogen (secondary N) is 1. The summed E-state index contributed by atoms with van der Waals surface area (Å²) in [5, 5.41) is 1.20. The number of rotatable bonds is 3. The second-order valence-electron chi connectivity index (χ2n) is 3.23. The molecule has 0 amide bonds. The average molecular weight is 257 g/mol. The summed E-state index contributed by atoms with van der Waals surface area (Å²) in [5.41, 5.74) is 0.492. The average Bonchev–Trinajstić information content (AvgIpc) is 2.29. The van der Waals surface area contributed by atoms with Gasteiger partial charge in [0.1, 0.15) is 5.21 Å². The zero-order valence-electron chi connectivity index (χ0n) is 8.22. The highest BCUT2D eigenvalue weighted by molar-refractivity contribution is 7.93. The lowest BCUT2D eigenvalue weighted by atomic mass is 10.1. The van der Waals surface area contributed by atoms with Crippen LogP contribution in [0.25, 0.3) is 10.8 Å². The van der Waals surface area contributed by atoms with Gasteiger partial charge in [0.15, 0.2) is 0 Å². The van der Waals surface area contributed by atoms with E-state index < -0.39 is 15.2 Å². The van der Waals surface area contributed by atoms with Crippen LogP contribution in [-0.2, 0) is 10.0 Å². The SMILES string of the molecule is O=S(=O)(CCl)Nc1cccc2ccncc12. The summed E-state index contributed by atoms with van der Waals surface area (Å²) in [6.45, 7) is 0. The van der Waals surface area contributed by atoms with Crippen LogP contribution in [-0.4, -0.2) is 18.6 Å². The molecule has 0 aliphatic carbocycles. The third-order valence-corrected chi connectivity index (χ3v) is 3.77. The van der Waals surface area contributed by atoms with E-state index in [9.17, 15) is 8.42 Å². The lowest BCUT2D eigenvalue weighted by Gasteiger charge is -2.07. The summed E-state index contributed by atoms with van der Waals surface area (Å²) in [4.78, 5) is 3.96. The molecular formula is C10H9ClN2O2S. The van der Waals surface area contributed by atoms with Crippen LogP contribution in [0.3, 0.4) is 0 Å². The van der Waals surface area contributed by atoms with Crippen molar-refractivity contribution < 1.29 is 8.42 Å². The first kappa shape index (κ1) is 11.2. The zero-order chi connectivity index (χ0) is 11.6. The van der Waals surface area contributed by atoms with Crippen LogP contribution in [0.5, 0.6) is 0 Å². The van der Waals surface area contributed by atoms with Crippen molar-refractivity contribution in [1.29, 1.82) is 0 Å². The van der Waals surface area contributed by atoms with E-state index in [1.807, 2.05) is 12.1 Å². The largest absolute Gasteiger partial charge is 0.282 e. The standard InChI is InChI=1S/C10H9ClN2O2S/c11-7-16(14,15)13-10-3-1-2-8-4-5-12-6-9(8)10/h1-6,13H,7H2. The van der Waals surface area contributed by atoms with Gasteiger partial charge >= 0.3 is 0 Å². The van der Waals surface area contributed by atoms with E-state index in [1.165, 1.54) is 0 Å². The van der Waals surface area contributed by atoms with Gasteiger partial charge in [0.2, 0.25) is 10.0 Å². The minimum Gasteiger partial charge on any atom is -0.282 e. The van der Waals surface area contributed by atoms with Crippen molar-refractivity contribution >= 4 is 38.1 Å². The smallest absolute Gasteiger partial charge is 0.246 e. The Morgan fingerprint density at radius 2 is 2.12 bits per heavy atom. The first-order chi connectivity index (χ1) is 7.62. The Labute approximate surface area is 98.3 Å². The number of aromatic nitrogens is 1. The summed E-state index contributed by atoms with van der Waals surface area (Å²) in [6, 6.07) is 7.14. The van der Waals surface area contributed by atoms with Gasteiger partial charge in [-0.2, -0.15) is 0 Å². The first-order valence-corrected chi connectivity index (χ1v) is 6.70. The maximum atomic E-state index is 11.3. The molecule has 0 radical (unpaired) electrons. The number of sulfonamides is 1. The van der Waals surface area contributed by atoms with E-state index in [-0.39, 0.29) is 0 Å². The highest BCUT2D eigenvalue weighted by Crippen LogP contribution is 2.23. The molecule has 1 N–H and O–H groups in total. The number of fused-ring (bicyclic) bond motifs is 1. The van der Waals surface area contributed by atoms with Gasteiger partial charge in [0, 0.05) is 17.8 Å². The molecule has 0 aliphatic rings. The number of anilines is 1. The van der Waals surface area contributed by atoms with Crippen molar-refractivity contribution in [1.82, 2.24) is 4.98 Å². The van der Waals surface area contributed by atoms with Crippen LogP contribution in [0.1, 0.15) is 0 Å². The molecule has 1 aromatic heterocycles. The summed E-state index contributed by atoms with van der Waals surface area (Å²) in [6.07, 6.45) is 3.27. The van der Waals surface area contributed by atoms with Crippen molar-refractivity contribution in [2.24, 2.45) is 0 Å². The first-order valence-electron chi connectivity index (χ1n) is 4.51. The quantitative estimate of drug-likeness (QED) is 0.857. The number of benzene rings is 1. The van der Waals surface area contributed by atoms with Crippen molar-refractivity contribution in [3.8, 4) is 0 Å². The topological polar surface area (TPSA) is 59.1 Å². The molecule has 0 aliphatic heterocycles. The predicted molar refractivity (Wildman–Crippen MR) is 65.0 cm³/mol. The van der Waals surface area contributed by atoms with Crippen LogP contribution in [0, 0.1) is 0 Å². The van der Waals surface area contributed by atoms with Crippen LogP contribution < -0.4 is 4.72 Å². The highest BCUT2D eigenvalue weighted by atomic mass is 35.5. The third kappa shape index (κ3) is 2.25. The van der Waals surface area contributed by atoms with Gasteiger partial charge in [-0.1, -0.05) is 12.1 Å². The number of hydrogen-bond donors (Lipinski definition) is 1. The predicted octanol–water partition coefficient (Wildman–Crippen LogP) is 2.17. The van der Waals surface area contributed by atoms with Gasteiger partial charge in [-0.15, -0.1) is 11.6 Å². The van der Waals surface area contributed by atoms with Crippen molar-refractivity contribution in [2.75, 3.05) is 9.93 Å². The summed E-state index contributed by atoms with van der Waals surface area (Å²) < 4.78 is 25.1. The molecular weight excluding hydrogens is 248 g/mol. The number of halogens is 1. The Morgan fingerprint density at radius 3 is 2.88 bits per heavy atom. The summed E-state index contributed by atoms with van der Waals surface area (Å²) in [7, 11) is -3.48. The van der Waals surface area contributed by atoms with E-state index in [2.05, 4.69) is 9.71 Å². The Bertz CT molecular complexity index is 608. The van der Waals surface area contributed by atoms with Crippen LogP contribution in [0.15, 0.2) is 36.7 Å². The van der Waals surface area contributed by atoms with Crippen LogP contribution >= 0.6 is 11.6 Å². The fourth-order valence-corrected chi connectivity index (χ4v) is 2.13. The van der Waals surface area contributed by atoms with E-state index in [4.69, 9.17) is 11.6 Å². The van der Waals surface area contributed by atoms with E-state index in [0.717, 1.165) is 10.8 Å². The summed E-state index contributed by atoms with van der Waals surface area (Å²) in [5.74, 6) is 0. The van der Waals surface area contributed by atoms with Crippen molar-refractivity contribution in [3.05, 3.63) is 36.7 Å². The maximum Gasteiger partial charge on any atom is 0.246 e. The molecule has 0 spiro atoms. The minimum absolute atomic E-state index is 0.469. The second-order valence-corrected chi connectivity index (χ2v) is 5.53. The Kier molecular flexibility index (Phi) is 2.98. The Morgan fingerprint density at radius 1 is 1.31 bits per heavy atom. The highest BCUT2D eigenvalue weighted by Gasteiger charge is 2.09. The molecule has 0 saturated carbocycles. The second kappa shape index (κ2) is 4.27. The maximum absolute atomic E-state index is 11.3. The molecule has 0 saturated heterocycles. The lowest BCUT2D eigenvalue weighted by Crippen LogP contribution is -2.13.